The number of carbonyl (C=O) groups excluding carboxylic acids is 1. The minimum atomic E-state index is -0.337. The van der Waals surface area contributed by atoms with E-state index in [2.05, 4.69) is 4.90 Å². The minimum absolute atomic E-state index is 0.0593. The lowest BCUT2D eigenvalue weighted by atomic mass is 10.1. The monoisotopic (exact) mass is 364 g/mol. The van der Waals surface area contributed by atoms with E-state index in [1.807, 2.05) is 11.8 Å². The Bertz CT molecular complexity index is 591. The third kappa shape index (κ3) is 5.50. The second-order valence-electron chi connectivity index (χ2n) is 7.47. The highest BCUT2D eigenvalue weighted by Crippen LogP contribution is 2.30. The van der Waals surface area contributed by atoms with Crippen LogP contribution < -0.4 is 0 Å². The van der Waals surface area contributed by atoms with Crippen LogP contribution in [0.15, 0.2) is 24.3 Å². The molecule has 6 heteroatoms. The quantitative estimate of drug-likeness (QED) is 0.768. The van der Waals surface area contributed by atoms with Crippen LogP contribution in [-0.4, -0.2) is 72.4 Å². The Morgan fingerprint density at radius 2 is 2.08 bits per heavy atom. The van der Waals surface area contributed by atoms with Gasteiger partial charge in [0.25, 0.3) is 5.91 Å². The number of aliphatic hydroxyl groups excluding tert-OH is 1. The fourth-order valence-corrected chi connectivity index (χ4v) is 3.36. The third-order valence-electron chi connectivity index (χ3n) is 5.14. The molecule has 1 saturated carbocycles. The summed E-state index contributed by atoms with van der Waals surface area (Å²) in [5.74, 6) is 0.170. The maximum atomic E-state index is 13.1. The van der Waals surface area contributed by atoms with E-state index in [1.165, 1.54) is 12.1 Å². The van der Waals surface area contributed by atoms with Gasteiger partial charge in [0.05, 0.1) is 18.8 Å². The Kier molecular flexibility index (Phi) is 6.62. The normalized spacial score (nSPS) is 22.2. The standard InChI is InChI=1S/C20H29FN2O3/c1-2-18(24)12-22-9-10-26-19(13-22)14-23(11-15-3-4-15)20(25)16-5-7-17(21)8-6-16/h5-8,15,18-19,24H,2-4,9-14H2,1H3/t18-,19+/m1/s1. The molecule has 144 valence electrons. The van der Waals surface area contributed by atoms with Crippen molar-refractivity contribution in [2.24, 2.45) is 5.92 Å². The number of halogens is 1. The molecule has 1 amide bonds. The van der Waals surface area contributed by atoms with Crippen molar-refractivity contribution in [1.29, 1.82) is 0 Å². The van der Waals surface area contributed by atoms with Gasteiger partial charge in [-0.2, -0.15) is 0 Å². The number of nitrogens with zero attached hydrogens (tertiary/aromatic N) is 2. The number of β-amino-alcohol motifs (C(OH)–C–C–N with tert-alkyl or cyclic N) is 1. The van der Waals surface area contributed by atoms with E-state index >= 15 is 0 Å². The molecule has 1 saturated heterocycles. The van der Waals surface area contributed by atoms with Gasteiger partial charge in [0.1, 0.15) is 5.82 Å². The first-order valence-electron chi connectivity index (χ1n) is 9.62. The SMILES string of the molecule is CC[C@@H](O)CN1CCO[C@H](CN(CC2CC2)C(=O)c2ccc(F)cc2)C1. The first-order valence-corrected chi connectivity index (χ1v) is 9.62. The molecule has 1 aliphatic carbocycles. The van der Waals surface area contributed by atoms with E-state index in [9.17, 15) is 14.3 Å². The summed E-state index contributed by atoms with van der Waals surface area (Å²) in [4.78, 5) is 17.0. The van der Waals surface area contributed by atoms with Crippen molar-refractivity contribution in [1.82, 2.24) is 9.80 Å². The van der Waals surface area contributed by atoms with Gasteiger partial charge in [0, 0.05) is 38.3 Å². The zero-order valence-electron chi connectivity index (χ0n) is 15.4. The molecule has 0 aromatic heterocycles. The lowest BCUT2D eigenvalue weighted by Gasteiger charge is -2.36. The molecule has 2 aliphatic rings. The predicted octanol–water partition coefficient (Wildman–Crippen LogP) is 2.15. The molecule has 0 spiro atoms. The molecule has 1 aliphatic heterocycles. The number of rotatable bonds is 8. The lowest BCUT2D eigenvalue weighted by molar-refractivity contribution is -0.0509. The summed E-state index contributed by atoms with van der Waals surface area (Å²) in [6.07, 6.45) is 2.67. The molecule has 0 bridgehead atoms. The summed E-state index contributed by atoms with van der Waals surface area (Å²) >= 11 is 0. The highest BCUT2D eigenvalue weighted by Gasteiger charge is 2.31. The Morgan fingerprint density at radius 3 is 2.73 bits per heavy atom. The fourth-order valence-electron chi connectivity index (χ4n) is 3.36. The topological polar surface area (TPSA) is 53.0 Å². The van der Waals surface area contributed by atoms with E-state index in [0.29, 0.717) is 31.2 Å². The average molecular weight is 364 g/mol. The molecule has 26 heavy (non-hydrogen) atoms. The van der Waals surface area contributed by atoms with Gasteiger partial charge < -0.3 is 14.7 Å². The molecular formula is C20H29FN2O3. The summed E-state index contributed by atoms with van der Waals surface area (Å²) in [7, 11) is 0. The van der Waals surface area contributed by atoms with Gasteiger partial charge in [-0.05, 0) is 49.4 Å². The van der Waals surface area contributed by atoms with Crippen LogP contribution in [0.5, 0.6) is 0 Å². The lowest BCUT2D eigenvalue weighted by Crippen LogP contribution is -2.50. The maximum absolute atomic E-state index is 13.1. The average Bonchev–Trinajstić information content (AvgIpc) is 3.45. The second kappa shape index (κ2) is 8.93. The summed E-state index contributed by atoms with van der Waals surface area (Å²) in [5, 5.41) is 9.89. The highest BCUT2D eigenvalue weighted by atomic mass is 19.1. The van der Waals surface area contributed by atoms with Gasteiger partial charge in [-0.25, -0.2) is 4.39 Å². The smallest absolute Gasteiger partial charge is 0.253 e. The number of carbonyl (C=O) groups is 1. The highest BCUT2D eigenvalue weighted by molar-refractivity contribution is 5.94. The van der Waals surface area contributed by atoms with Crippen molar-refractivity contribution in [3.63, 3.8) is 0 Å². The fraction of sp³-hybridized carbons (Fsp3) is 0.650. The van der Waals surface area contributed by atoms with Crippen molar-refractivity contribution >= 4 is 5.91 Å². The van der Waals surface area contributed by atoms with Crippen molar-refractivity contribution in [2.75, 3.05) is 39.3 Å². The van der Waals surface area contributed by atoms with Crippen LogP contribution in [0.4, 0.5) is 4.39 Å². The number of benzene rings is 1. The molecule has 0 radical (unpaired) electrons. The molecule has 1 aromatic carbocycles. The van der Waals surface area contributed by atoms with Gasteiger partial charge in [0.2, 0.25) is 0 Å². The molecular weight excluding hydrogens is 335 g/mol. The Balaban J connectivity index is 1.62. The first kappa shape index (κ1) is 19.3. The van der Waals surface area contributed by atoms with Crippen LogP contribution in [0, 0.1) is 11.7 Å². The summed E-state index contributed by atoms with van der Waals surface area (Å²) in [5.41, 5.74) is 0.515. The van der Waals surface area contributed by atoms with Crippen LogP contribution in [0.3, 0.4) is 0 Å². The van der Waals surface area contributed by atoms with Gasteiger partial charge >= 0.3 is 0 Å². The summed E-state index contributed by atoms with van der Waals surface area (Å²) in [6, 6.07) is 5.74. The zero-order chi connectivity index (χ0) is 18.5. The number of aliphatic hydroxyl groups is 1. The van der Waals surface area contributed by atoms with Gasteiger partial charge in [-0.15, -0.1) is 0 Å². The number of ether oxygens (including phenoxy) is 1. The van der Waals surface area contributed by atoms with E-state index in [4.69, 9.17) is 4.74 Å². The van der Waals surface area contributed by atoms with E-state index < -0.39 is 0 Å². The van der Waals surface area contributed by atoms with Crippen molar-refractivity contribution in [3.8, 4) is 0 Å². The molecule has 0 unspecified atom stereocenters. The zero-order valence-corrected chi connectivity index (χ0v) is 15.4. The minimum Gasteiger partial charge on any atom is -0.392 e. The summed E-state index contributed by atoms with van der Waals surface area (Å²) < 4.78 is 19.0. The Hall–Kier alpha value is -1.50. The van der Waals surface area contributed by atoms with Crippen LogP contribution in [0.2, 0.25) is 0 Å². The molecule has 3 rings (SSSR count). The Labute approximate surface area is 154 Å². The van der Waals surface area contributed by atoms with Gasteiger partial charge in [0.15, 0.2) is 0 Å². The van der Waals surface area contributed by atoms with Gasteiger partial charge in [-0.3, -0.25) is 9.69 Å². The van der Waals surface area contributed by atoms with E-state index in [-0.39, 0.29) is 23.9 Å². The number of amides is 1. The number of hydrogen-bond donors (Lipinski definition) is 1. The molecule has 1 heterocycles. The third-order valence-corrected chi connectivity index (χ3v) is 5.14. The van der Waals surface area contributed by atoms with E-state index in [0.717, 1.165) is 38.9 Å². The van der Waals surface area contributed by atoms with E-state index in [1.54, 1.807) is 12.1 Å². The van der Waals surface area contributed by atoms with Crippen LogP contribution in [0.25, 0.3) is 0 Å². The number of morpholine rings is 1. The van der Waals surface area contributed by atoms with Gasteiger partial charge in [-0.1, -0.05) is 6.92 Å². The van der Waals surface area contributed by atoms with Crippen LogP contribution in [-0.2, 0) is 4.74 Å². The summed E-state index contributed by atoms with van der Waals surface area (Å²) in [6.45, 7) is 6.02. The second-order valence-corrected chi connectivity index (χ2v) is 7.47. The number of hydrogen-bond acceptors (Lipinski definition) is 4. The predicted molar refractivity (Wildman–Crippen MR) is 97.5 cm³/mol. The molecule has 2 fully saturated rings. The molecule has 1 aromatic rings. The first-order chi connectivity index (χ1) is 12.5. The molecule has 1 N–H and O–H groups in total. The van der Waals surface area contributed by atoms with Crippen LogP contribution >= 0.6 is 0 Å². The molecule has 5 nitrogen and oxygen atoms in total. The largest absolute Gasteiger partial charge is 0.392 e. The van der Waals surface area contributed by atoms with Crippen LogP contribution in [0.1, 0.15) is 36.5 Å². The maximum Gasteiger partial charge on any atom is 0.253 e. The molecule has 2 atom stereocenters. The Morgan fingerprint density at radius 1 is 1.35 bits per heavy atom. The van der Waals surface area contributed by atoms with Crippen molar-refractivity contribution < 1.29 is 19.0 Å². The van der Waals surface area contributed by atoms with Crippen molar-refractivity contribution in [3.05, 3.63) is 35.6 Å². The van der Waals surface area contributed by atoms with Crippen molar-refractivity contribution in [2.45, 2.75) is 38.4 Å².